The van der Waals surface area contributed by atoms with E-state index in [0.717, 1.165) is 18.5 Å². The molecule has 2 rings (SSSR count). The van der Waals surface area contributed by atoms with E-state index in [1.807, 2.05) is 11.8 Å². The molecule has 0 radical (unpaired) electrons. The van der Waals surface area contributed by atoms with Crippen LogP contribution in [0.4, 0.5) is 0 Å². The van der Waals surface area contributed by atoms with E-state index in [4.69, 9.17) is 0 Å². The predicted molar refractivity (Wildman–Crippen MR) is 81.2 cm³/mol. The number of hydrogen-bond acceptors (Lipinski definition) is 2. The maximum absolute atomic E-state index is 3.65. The number of rotatable bonds is 9. The highest BCUT2D eigenvalue weighted by Crippen LogP contribution is 2.34. The van der Waals surface area contributed by atoms with Gasteiger partial charge in [-0.05, 0) is 56.0 Å². The maximum atomic E-state index is 3.65. The van der Waals surface area contributed by atoms with Gasteiger partial charge in [0.05, 0.1) is 0 Å². The molecule has 1 saturated carbocycles. The third-order valence-electron chi connectivity index (χ3n) is 3.58. The minimum atomic E-state index is 0.803. The van der Waals surface area contributed by atoms with Crippen molar-refractivity contribution in [1.82, 2.24) is 5.32 Å². The number of unbranched alkanes of at least 4 members (excludes halogenated alkanes) is 1. The fourth-order valence-corrected chi connectivity index (χ4v) is 3.37. The number of thioether (sulfide) groups is 1. The first-order chi connectivity index (χ1) is 8.90. The molecule has 1 aliphatic rings. The molecule has 1 nitrogen and oxygen atoms in total. The zero-order valence-electron chi connectivity index (χ0n) is 11.4. The van der Waals surface area contributed by atoms with Crippen LogP contribution in [-0.4, -0.2) is 18.3 Å². The van der Waals surface area contributed by atoms with Crippen LogP contribution in [-0.2, 0) is 0 Å². The zero-order chi connectivity index (χ0) is 12.6. The first-order valence-electron chi connectivity index (χ1n) is 7.31. The van der Waals surface area contributed by atoms with E-state index in [1.54, 1.807) is 0 Å². The van der Waals surface area contributed by atoms with Crippen LogP contribution in [0.25, 0.3) is 0 Å². The Morgan fingerprint density at radius 2 is 2.00 bits per heavy atom. The van der Waals surface area contributed by atoms with Gasteiger partial charge in [-0.3, -0.25) is 0 Å². The van der Waals surface area contributed by atoms with Gasteiger partial charge in [0, 0.05) is 10.9 Å². The molecule has 1 N–H and O–H groups in total. The van der Waals surface area contributed by atoms with Crippen LogP contribution in [0.5, 0.6) is 0 Å². The summed E-state index contributed by atoms with van der Waals surface area (Å²) in [4.78, 5) is 1.41. The minimum Gasteiger partial charge on any atom is -0.314 e. The zero-order valence-corrected chi connectivity index (χ0v) is 12.2. The van der Waals surface area contributed by atoms with Crippen molar-refractivity contribution in [1.29, 1.82) is 0 Å². The van der Waals surface area contributed by atoms with Crippen LogP contribution in [0.3, 0.4) is 0 Å². The topological polar surface area (TPSA) is 12.0 Å². The molecule has 1 unspecified atom stereocenters. The second-order valence-electron chi connectivity index (χ2n) is 5.16. The van der Waals surface area contributed by atoms with E-state index >= 15 is 0 Å². The molecule has 0 heterocycles. The fraction of sp³-hybridized carbons (Fsp3) is 0.625. The van der Waals surface area contributed by atoms with Crippen molar-refractivity contribution in [3.05, 3.63) is 30.3 Å². The Morgan fingerprint density at radius 3 is 2.67 bits per heavy atom. The number of hydrogen-bond donors (Lipinski definition) is 1. The smallest absolute Gasteiger partial charge is 0.00952 e. The molecule has 100 valence electrons. The van der Waals surface area contributed by atoms with E-state index < -0.39 is 0 Å². The van der Waals surface area contributed by atoms with Crippen molar-refractivity contribution < 1.29 is 0 Å². The van der Waals surface area contributed by atoms with Crippen LogP contribution in [0.2, 0.25) is 0 Å². The average Bonchev–Trinajstić information content (AvgIpc) is 3.23. The first kappa shape index (κ1) is 14.0. The Balaban J connectivity index is 1.55. The van der Waals surface area contributed by atoms with Crippen LogP contribution in [0.15, 0.2) is 35.2 Å². The SMILES string of the molecule is CCNC(CCCCSc1ccccc1)C1CC1. The van der Waals surface area contributed by atoms with Gasteiger partial charge in [0.2, 0.25) is 0 Å². The lowest BCUT2D eigenvalue weighted by Crippen LogP contribution is -2.30. The van der Waals surface area contributed by atoms with Crippen LogP contribution < -0.4 is 5.32 Å². The van der Waals surface area contributed by atoms with Gasteiger partial charge in [-0.15, -0.1) is 11.8 Å². The molecular formula is C16H25NS. The number of nitrogens with one attached hydrogen (secondary N) is 1. The van der Waals surface area contributed by atoms with Gasteiger partial charge < -0.3 is 5.32 Å². The summed E-state index contributed by atoms with van der Waals surface area (Å²) in [7, 11) is 0. The van der Waals surface area contributed by atoms with Crippen molar-refractivity contribution in [3.63, 3.8) is 0 Å². The second-order valence-corrected chi connectivity index (χ2v) is 6.33. The van der Waals surface area contributed by atoms with Gasteiger partial charge >= 0.3 is 0 Å². The molecule has 1 aromatic carbocycles. The molecule has 0 bridgehead atoms. The van der Waals surface area contributed by atoms with E-state index in [1.165, 1.54) is 42.8 Å². The molecule has 1 atom stereocenters. The van der Waals surface area contributed by atoms with Crippen molar-refractivity contribution in [2.75, 3.05) is 12.3 Å². The third-order valence-corrected chi connectivity index (χ3v) is 4.68. The standard InChI is InChI=1S/C16H25NS/c1-2-17-16(14-11-12-14)10-6-7-13-18-15-8-4-3-5-9-15/h3-5,8-9,14,16-17H,2,6-7,10-13H2,1H3. The molecule has 2 heteroatoms. The predicted octanol–water partition coefficient (Wildman–Crippen LogP) is 4.34. The quantitative estimate of drug-likeness (QED) is 0.525. The molecule has 0 aromatic heterocycles. The lowest BCUT2D eigenvalue weighted by Gasteiger charge is -2.16. The molecule has 1 aliphatic carbocycles. The maximum Gasteiger partial charge on any atom is 0.00952 e. The Kier molecular flexibility index (Phi) is 6.09. The number of benzene rings is 1. The molecule has 0 amide bonds. The summed E-state index contributed by atoms with van der Waals surface area (Å²) in [5.74, 6) is 2.25. The van der Waals surface area contributed by atoms with Crippen molar-refractivity contribution in [2.45, 2.75) is 50.0 Å². The van der Waals surface area contributed by atoms with Crippen molar-refractivity contribution in [3.8, 4) is 0 Å². The first-order valence-corrected chi connectivity index (χ1v) is 8.30. The van der Waals surface area contributed by atoms with Crippen LogP contribution in [0, 0.1) is 5.92 Å². The second kappa shape index (κ2) is 7.85. The third kappa shape index (κ3) is 5.03. The average molecular weight is 263 g/mol. The largest absolute Gasteiger partial charge is 0.314 e. The summed E-state index contributed by atoms with van der Waals surface area (Å²) in [6, 6.07) is 11.5. The van der Waals surface area contributed by atoms with E-state index in [0.29, 0.717) is 0 Å². The highest BCUT2D eigenvalue weighted by Gasteiger charge is 2.29. The fourth-order valence-electron chi connectivity index (χ4n) is 2.44. The highest BCUT2D eigenvalue weighted by molar-refractivity contribution is 7.99. The van der Waals surface area contributed by atoms with Gasteiger partial charge in [-0.2, -0.15) is 0 Å². The molecule has 0 spiro atoms. The van der Waals surface area contributed by atoms with Crippen LogP contribution >= 0.6 is 11.8 Å². The summed E-state index contributed by atoms with van der Waals surface area (Å²) in [6.45, 7) is 3.35. The van der Waals surface area contributed by atoms with Gasteiger partial charge in [-0.1, -0.05) is 31.5 Å². The Labute approximate surface area is 116 Å². The van der Waals surface area contributed by atoms with Crippen molar-refractivity contribution in [2.24, 2.45) is 5.92 Å². The normalized spacial score (nSPS) is 16.7. The van der Waals surface area contributed by atoms with E-state index in [2.05, 4.69) is 42.6 Å². The molecule has 0 aliphatic heterocycles. The van der Waals surface area contributed by atoms with Gasteiger partial charge in [0.15, 0.2) is 0 Å². The highest BCUT2D eigenvalue weighted by atomic mass is 32.2. The van der Waals surface area contributed by atoms with Crippen molar-refractivity contribution >= 4 is 11.8 Å². The Morgan fingerprint density at radius 1 is 1.22 bits per heavy atom. The monoisotopic (exact) mass is 263 g/mol. The van der Waals surface area contributed by atoms with Gasteiger partial charge in [0.1, 0.15) is 0 Å². The molecule has 0 saturated heterocycles. The Bertz CT molecular complexity index is 321. The van der Waals surface area contributed by atoms with E-state index in [-0.39, 0.29) is 0 Å². The Hall–Kier alpha value is -0.470. The molecule has 1 aromatic rings. The van der Waals surface area contributed by atoms with E-state index in [9.17, 15) is 0 Å². The van der Waals surface area contributed by atoms with Gasteiger partial charge in [-0.25, -0.2) is 0 Å². The molecule has 1 fully saturated rings. The summed E-state index contributed by atoms with van der Waals surface area (Å²) < 4.78 is 0. The summed E-state index contributed by atoms with van der Waals surface area (Å²) in [6.07, 6.45) is 6.99. The summed E-state index contributed by atoms with van der Waals surface area (Å²) in [5.41, 5.74) is 0. The van der Waals surface area contributed by atoms with Crippen LogP contribution in [0.1, 0.15) is 39.0 Å². The molecular weight excluding hydrogens is 238 g/mol. The lowest BCUT2D eigenvalue weighted by molar-refractivity contribution is 0.433. The minimum absolute atomic E-state index is 0.803. The molecule has 18 heavy (non-hydrogen) atoms. The lowest BCUT2D eigenvalue weighted by atomic mass is 10.1. The summed E-state index contributed by atoms with van der Waals surface area (Å²) >= 11 is 1.99. The van der Waals surface area contributed by atoms with Gasteiger partial charge in [0.25, 0.3) is 0 Å². The summed E-state index contributed by atoms with van der Waals surface area (Å²) in [5, 5.41) is 3.65.